The van der Waals surface area contributed by atoms with E-state index < -0.39 is 0 Å². The molecule has 3 atom stereocenters. The Morgan fingerprint density at radius 1 is 1.35 bits per heavy atom. The normalized spacial score (nSPS) is 36.8. The molecule has 2 aliphatic heterocycles. The Morgan fingerprint density at radius 2 is 2.10 bits per heavy atom. The van der Waals surface area contributed by atoms with Gasteiger partial charge in [-0.3, -0.25) is 9.69 Å². The molecule has 1 saturated carbocycles. The molecule has 0 radical (unpaired) electrons. The third kappa shape index (κ3) is 2.71. The van der Waals surface area contributed by atoms with E-state index in [4.69, 9.17) is 14.2 Å². The van der Waals surface area contributed by atoms with Gasteiger partial charge in [0.25, 0.3) is 0 Å². The van der Waals surface area contributed by atoms with E-state index in [2.05, 4.69) is 11.8 Å². The largest absolute Gasteiger partial charge is 0.469 e. The molecular weight excluding hydrogens is 258 g/mol. The highest BCUT2D eigenvalue weighted by Gasteiger charge is 2.45. The van der Waals surface area contributed by atoms with Gasteiger partial charge in [0.2, 0.25) is 0 Å². The van der Waals surface area contributed by atoms with Crippen molar-refractivity contribution >= 4 is 5.97 Å². The SMILES string of the molecule is COC(=O)C1CN(CC2COC3(CCCC3)O2)CC1C. The van der Waals surface area contributed by atoms with Crippen LogP contribution < -0.4 is 0 Å². The first-order valence-electron chi connectivity index (χ1n) is 7.74. The minimum absolute atomic E-state index is 0.00256. The number of carbonyl (C=O) groups is 1. The highest BCUT2D eigenvalue weighted by Crippen LogP contribution is 2.39. The van der Waals surface area contributed by atoms with E-state index in [1.807, 2.05) is 0 Å². The summed E-state index contributed by atoms with van der Waals surface area (Å²) in [7, 11) is 1.47. The molecule has 3 fully saturated rings. The second kappa shape index (κ2) is 5.62. The topological polar surface area (TPSA) is 48.0 Å². The summed E-state index contributed by atoms with van der Waals surface area (Å²) in [4.78, 5) is 14.0. The predicted octanol–water partition coefficient (Wildman–Crippen LogP) is 1.41. The van der Waals surface area contributed by atoms with E-state index in [0.29, 0.717) is 12.5 Å². The molecular formula is C15H25NO4. The van der Waals surface area contributed by atoms with Crippen LogP contribution in [0.3, 0.4) is 0 Å². The van der Waals surface area contributed by atoms with Crippen LogP contribution in [0.25, 0.3) is 0 Å². The fourth-order valence-electron chi connectivity index (χ4n) is 3.84. The number of esters is 1. The van der Waals surface area contributed by atoms with Crippen molar-refractivity contribution in [2.45, 2.75) is 44.5 Å². The fraction of sp³-hybridized carbons (Fsp3) is 0.933. The van der Waals surface area contributed by atoms with Crippen molar-refractivity contribution in [2.24, 2.45) is 11.8 Å². The minimum Gasteiger partial charge on any atom is -0.469 e. The van der Waals surface area contributed by atoms with Crippen molar-refractivity contribution in [3.8, 4) is 0 Å². The third-order valence-corrected chi connectivity index (χ3v) is 4.93. The molecule has 3 rings (SSSR count). The van der Waals surface area contributed by atoms with E-state index in [1.165, 1.54) is 20.0 Å². The molecule has 20 heavy (non-hydrogen) atoms. The maximum atomic E-state index is 11.7. The lowest BCUT2D eigenvalue weighted by Gasteiger charge is -2.24. The quantitative estimate of drug-likeness (QED) is 0.733. The summed E-state index contributed by atoms with van der Waals surface area (Å²) >= 11 is 0. The first-order valence-corrected chi connectivity index (χ1v) is 7.74. The first kappa shape index (κ1) is 14.3. The van der Waals surface area contributed by atoms with Crippen molar-refractivity contribution < 1.29 is 19.0 Å². The number of likely N-dealkylation sites (tertiary alicyclic amines) is 1. The number of rotatable bonds is 3. The molecule has 0 bridgehead atoms. The Bertz CT molecular complexity index is 367. The summed E-state index contributed by atoms with van der Waals surface area (Å²) in [5.74, 6) is -0.0126. The summed E-state index contributed by atoms with van der Waals surface area (Å²) in [6, 6.07) is 0. The Hall–Kier alpha value is -0.650. The van der Waals surface area contributed by atoms with Gasteiger partial charge in [-0.1, -0.05) is 6.92 Å². The van der Waals surface area contributed by atoms with Crippen LogP contribution in [0.1, 0.15) is 32.6 Å². The van der Waals surface area contributed by atoms with Gasteiger partial charge in [0.05, 0.1) is 25.7 Å². The van der Waals surface area contributed by atoms with Gasteiger partial charge in [-0.15, -0.1) is 0 Å². The van der Waals surface area contributed by atoms with E-state index >= 15 is 0 Å². The van der Waals surface area contributed by atoms with Crippen molar-refractivity contribution in [3.63, 3.8) is 0 Å². The number of nitrogens with zero attached hydrogens (tertiary/aromatic N) is 1. The lowest BCUT2D eigenvalue weighted by molar-refractivity contribution is -0.163. The lowest BCUT2D eigenvalue weighted by atomic mass is 9.99. The Labute approximate surface area is 120 Å². The van der Waals surface area contributed by atoms with Crippen LogP contribution in [-0.4, -0.2) is 56.1 Å². The van der Waals surface area contributed by atoms with Gasteiger partial charge in [0.15, 0.2) is 5.79 Å². The summed E-state index contributed by atoms with van der Waals surface area (Å²) < 4.78 is 16.9. The zero-order chi connectivity index (χ0) is 14.2. The van der Waals surface area contributed by atoms with Crippen molar-refractivity contribution in [1.82, 2.24) is 4.90 Å². The van der Waals surface area contributed by atoms with Crippen molar-refractivity contribution in [3.05, 3.63) is 0 Å². The van der Waals surface area contributed by atoms with Gasteiger partial charge in [-0.2, -0.15) is 0 Å². The molecule has 3 aliphatic rings. The van der Waals surface area contributed by atoms with Crippen LogP contribution in [0.2, 0.25) is 0 Å². The van der Waals surface area contributed by atoms with Crippen LogP contribution in [0.5, 0.6) is 0 Å². The van der Waals surface area contributed by atoms with Gasteiger partial charge in [-0.05, 0) is 18.8 Å². The monoisotopic (exact) mass is 283 g/mol. The predicted molar refractivity (Wildman–Crippen MR) is 73.1 cm³/mol. The zero-order valence-electron chi connectivity index (χ0n) is 12.5. The highest BCUT2D eigenvalue weighted by molar-refractivity contribution is 5.73. The van der Waals surface area contributed by atoms with Gasteiger partial charge in [-0.25, -0.2) is 0 Å². The van der Waals surface area contributed by atoms with Crippen LogP contribution >= 0.6 is 0 Å². The molecule has 0 aromatic rings. The molecule has 5 heteroatoms. The van der Waals surface area contributed by atoms with Gasteiger partial charge in [0, 0.05) is 32.5 Å². The van der Waals surface area contributed by atoms with Crippen LogP contribution in [0.15, 0.2) is 0 Å². The van der Waals surface area contributed by atoms with Crippen LogP contribution in [0, 0.1) is 11.8 Å². The molecule has 1 spiro atoms. The molecule has 114 valence electrons. The standard InChI is InChI=1S/C15H25NO4/c1-11-7-16(9-13(11)14(17)18-2)8-12-10-19-15(20-12)5-3-4-6-15/h11-13H,3-10H2,1-2H3. The highest BCUT2D eigenvalue weighted by atomic mass is 16.7. The molecule has 0 aromatic carbocycles. The van der Waals surface area contributed by atoms with Crippen LogP contribution in [0.4, 0.5) is 0 Å². The third-order valence-electron chi connectivity index (χ3n) is 4.93. The van der Waals surface area contributed by atoms with E-state index in [9.17, 15) is 4.79 Å². The second-order valence-electron chi connectivity index (χ2n) is 6.49. The second-order valence-corrected chi connectivity index (χ2v) is 6.49. The minimum atomic E-state index is -0.280. The number of methoxy groups -OCH3 is 1. The lowest BCUT2D eigenvalue weighted by Crippen LogP contribution is -2.34. The summed E-state index contributed by atoms with van der Waals surface area (Å²) in [6.45, 7) is 5.38. The smallest absolute Gasteiger partial charge is 0.310 e. The fourth-order valence-corrected chi connectivity index (χ4v) is 3.84. The Balaban J connectivity index is 1.51. The maximum absolute atomic E-state index is 11.7. The first-order chi connectivity index (χ1) is 9.62. The van der Waals surface area contributed by atoms with Crippen molar-refractivity contribution in [2.75, 3.05) is 33.4 Å². The van der Waals surface area contributed by atoms with E-state index in [1.54, 1.807) is 0 Å². The molecule has 0 aromatic heterocycles. The molecule has 1 aliphatic carbocycles. The number of carbonyl (C=O) groups excluding carboxylic acids is 1. The zero-order valence-corrected chi connectivity index (χ0v) is 12.5. The van der Waals surface area contributed by atoms with Gasteiger partial charge < -0.3 is 14.2 Å². The Morgan fingerprint density at radius 3 is 2.80 bits per heavy atom. The van der Waals surface area contributed by atoms with Crippen LogP contribution in [-0.2, 0) is 19.0 Å². The Kier molecular flexibility index (Phi) is 4.02. The molecule has 0 amide bonds. The number of ether oxygens (including phenoxy) is 3. The average molecular weight is 283 g/mol. The molecule has 3 unspecified atom stereocenters. The van der Waals surface area contributed by atoms with Crippen molar-refractivity contribution in [1.29, 1.82) is 0 Å². The average Bonchev–Trinajstić information content (AvgIpc) is 3.13. The summed E-state index contributed by atoms with van der Waals surface area (Å²) in [5.41, 5.74) is 0. The molecule has 5 nitrogen and oxygen atoms in total. The molecule has 2 saturated heterocycles. The van der Waals surface area contributed by atoms with Gasteiger partial charge >= 0.3 is 5.97 Å². The van der Waals surface area contributed by atoms with E-state index in [0.717, 1.165) is 32.5 Å². The molecule has 0 N–H and O–H groups in total. The van der Waals surface area contributed by atoms with Gasteiger partial charge in [0.1, 0.15) is 0 Å². The summed E-state index contributed by atoms with van der Waals surface area (Å²) in [6.07, 6.45) is 4.63. The number of hydrogen-bond acceptors (Lipinski definition) is 5. The molecule has 2 heterocycles. The number of hydrogen-bond donors (Lipinski definition) is 0. The van der Waals surface area contributed by atoms with E-state index in [-0.39, 0.29) is 23.8 Å². The summed E-state index contributed by atoms with van der Waals surface area (Å²) in [5, 5.41) is 0. The maximum Gasteiger partial charge on any atom is 0.310 e.